The molecule has 0 radical (unpaired) electrons. The second-order valence-electron chi connectivity index (χ2n) is 7.24. The summed E-state index contributed by atoms with van der Waals surface area (Å²) < 4.78 is 48.1. The standard InChI is InChI=1S/C22H28N2O8S/c1-14(2)21(24-33(27,28)17-9-6-15(29-3)7-10-17)22(26)32-13-20(25)23-18-12-16(30-4)8-11-19(18)31-5/h6-12,14,21,24H,13H2,1-5H3,(H,23,25)/t21-/m0/s1. The highest BCUT2D eigenvalue weighted by Crippen LogP contribution is 2.28. The number of hydrogen-bond donors (Lipinski definition) is 2. The van der Waals surface area contributed by atoms with Crippen LogP contribution in [0.4, 0.5) is 5.69 Å². The van der Waals surface area contributed by atoms with Crippen molar-refractivity contribution in [3.63, 3.8) is 0 Å². The number of anilines is 1. The molecule has 0 aliphatic heterocycles. The Morgan fingerprint density at radius 3 is 2.06 bits per heavy atom. The number of hydrogen-bond acceptors (Lipinski definition) is 8. The molecule has 0 aliphatic carbocycles. The molecule has 0 saturated carbocycles. The van der Waals surface area contributed by atoms with E-state index in [1.165, 1.54) is 45.6 Å². The number of rotatable bonds is 11. The predicted molar refractivity (Wildman–Crippen MR) is 121 cm³/mol. The summed E-state index contributed by atoms with van der Waals surface area (Å²) in [6.45, 7) is 2.69. The van der Waals surface area contributed by atoms with Crippen LogP contribution < -0.4 is 24.2 Å². The van der Waals surface area contributed by atoms with Crippen LogP contribution in [0.5, 0.6) is 17.2 Å². The van der Waals surface area contributed by atoms with Crippen LogP contribution in [0, 0.1) is 5.92 Å². The highest BCUT2D eigenvalue weighted by molar-refractivity contribution is 7.89. The van der Waals surface area contributed by atoms with Gasteiger partial charge in [0.1, 0.15) is 23.3 Å². The van der Waals surface area contributed by atoms with E-state index in [0.29, 0.717) is 22.9 Å². The monoisotopic (exact) mass is 480 g/mol. The van der Waals surface area contributed by atoms with Gasteiger partial charge in [0.25, 0.3) is 5.91 Å². The molecule has 0 bridgehead atoms. The predicted octanol–water partition coefficient (Wildman–Crippen LogP) is 2.20. The molecule has 180 valence electrons. The van der Waals surface area contributed by atoms with E-state index in [4.69, 9.17) is 18.9 Å². The van der Waals surface area contributed by atoms with E-state index >= 15 is 0 Å². The number of carbonyl (C=O) groups is 2. The van der Waals surface area contributed by atoms with Gasteiger partial charge in [-0.05, 0) is 42.3 Å². The third-order valence-electron chi connectivity index (χ3n) is 4.60. The molecular weight excluding hydrogens is 452 g/mol. The number of benzene rings is 2. The van der Waals surface area contributed by atoms with Crippen LogP contribution in [0.3, 0.4) is 0 Å². The van der Waals surface area contributed by atoms with Gasteiger partial charge < -0.3 is 24.3 Å². The largest absolute Gasteiger partial charge is 0.497 e. The van der Waals surface area contributed by atoms with Gasteiger partial charge in [-0.2, -0.15) is 4.72 Å². The molecule has 10 nitrogen and oxygen atoms in total. The van der Waals surface area contributed by atoms with E-state index in [-0.39, 0.29) is 4.90 Å². The van der Waals surface area contributed by atoms with Crippen LogP contribution in [0.15, 0.2) is 47.4 Å². The lowest BCUT2D eigenvalue weighted by atomic mass is 10.1. The number of sulfonamides is 1. The van der Waals surface area contributed by atoms with Gasteiger partial charge in [0.15, 0.2) is 6.61 Å². The van der Waals surface area contributed by atoms with E-state index in [2.05, 4.69) is 10.0 Å². The Bertz CT molecular complexity index is 1070. The topological polar surface area (TPSA) is 129 Å². The van der Waals surface area contributed by atoms with Gasteiger partial charge in [0.2, 0.25) is 10.0 Å². The van der Waals surface area contributed by atoms with Crippen LogP contribution in [0.1, 0.15) is 13.8 Å². The van der Waals surface area contributed by atoms with E-state index in [0.717, 1.165) is 0 Å². The third-order valence-corrected chi connectivity index (χ3v) is 6.06. The summed E-state index contributed by atoms with van der Waals surface area (Å²) in [7, 11) is 0.374. The molecule has 0 heterocycles. The highest BCUT2D eigenvalue weighted by Gasteiger charge is 2.30. The van der Waals surface area contributed by atoms with Gasteiger partial charge in [-0.25, -0.2) is 8.42 Å². The van der Waals surface area contributed by atoms with Gasteiger partial charge >= 0.3 is 5.97 Å². The summed E-state index contributed by atoms with van der Waals surface area (Å²) in [5.74, 6) is -0.566. The normalized spacial score (nSPS) is 12.1. The van der Waals surface area contributed by atoms with Crippen molar-refractivity contribution in [3.05, 3.63) is 42.5 Å². The Morgan fingerprint density at radius 1 is 0.909 bits per heavy atom. The molecule has 0 spiro atoms. The van der Waals surface area contributed by atoms with E-state index in [9.17, 15) is 18.0 Å². The lowest BCUT2D eigenvalue weighted by Gasteiger charge is -2.21. The maximum absolute atomic E-state index is 12.7. The van der Waals surface area contributed by atoms with E-state index in [1.807, 2.05) is 0 Å². The van der Waals surface area contributed by atoms with Gasteiger partial charge in [0.05, 0.1) is 31.9 Å². The minimum absolute atomic E-state index is 0.0374. The van der Waals surface area contributed by atoms with Crippen LogP contribution in [0.25, 0.3) is 0 Å². The quantitative estimate of drug-likeness (QED) is 0.468. The molecule has 2 aromatic rings. The van der Waals surface area contributed by atoms with Crippen molar-refractivity contribution < 1.29 is 37.0 Å². The smallest absolute Gasteiger partial charge is 0.324 e. The molecule has 11 heteroatoms. The van der Waals surface area contributed by atoms with Crippen molar-refractivity contribution in [2.45, 2.75) is 24.8 Å². The molecule has 33 heavy (non-hydrogen) atoms. The van der Waals surface area contributed by atoms with Crippen molar-refractivity contribution in [1.29, 1.82) is 0 Å². The zero-order valence-corrected chi connectivity index (χ0v) is 19.9. The van der Waals surface area contributed by atoms with Crippen LogP contribution >= 0.6 is 0 Å². The summed E-state index contributed by atoms with van der Waals surface area (Å²) >= 11 is 0. The molecule has 2 aromatic carbocycles. The lowest BCUT2D eigenvalue weighted by molar-refractivity contribution is -0.150. The number of esters is 1. The first-order valence-corrected chi connectivity index (χ1v) is 11.4. The van der Waals surface area contributed by atoms with E-state index < -0.39 is 40.5 Å². The molecule has 2 rings (SSSR count). The van der Waals surface area contributed by atoms with Crippen molar-refractivity contribution in [2.75, 3.05) is 33.3 Å². The van der Waals surface area contributed by atoms with Crippen molar-refractivity contribution in [1.82, 2.24) is 4.72 Å². The summed E-state index contributed by atoms with van der Waals surface area (Å²) in [5, 5.41) is 2.57. The van der Waals surface area contributed by atoms with Gasteiger partial charge in [-0.15, -0.1) is 0 Å². The second-order valence-corrected chi connectivity index (χ2v) is 8.95. The third kappa shape index (κ3) is 7.09. The fourth-order valence-electron chi connectivity index (χ4n) is 2.77. The number of methoxy groups -OCH3 is 3. The van der Waals surface area contributed by atoms with Gasteiger partial charge in [0, 0.05) is 6.07 Å². The average Bonchev–Trinajstić information content (AvgIpc) is 2.80. The van der Waals surface area contributed by atoms with Crippen molar-refractivity contribution in [3.8, 4) is 17.2 Å². The Morgan fingerprint density at radius 2 is 1.52 bits per heavy atom. The molecular formula is C22H28N2O8S. The Labute approximate surface area is 193 Å². The SMILES string of the molecule is COc1ccc(S(=O)(=O)N[C@H](C(=O)OCC(=O)Nc2cc(OC)ccc2OC)C(C)C)cc1. The molecule has 1 atom stereocenters. The lowest BCUT2D eigenvalue weighted by Crippen LogP contribution is -2.45. The number of nitrogens with one attached hydrogen (secondary N) is 2. The zero-order valence-electron chi connectivity index (χ0n) is 19.1. The van der Waals surface area contributed by atoms with Crippen molar-refractivity contribution >= 4 is 27.6 Å². The molecule has 0 aromatic heterocycles. The first kappa shape index (κ1) is 25.9. The average molecular weight is 481 g/mol. The second kappa shape index (κ2) is 11.5. The molecule has 1 amide bonds. The number of ether oxygens (including phenoxy) is 4. The fraction of sp³-hybridized carbons (Fsp3) is 0.364. The van der Waals surface area contributed by atoms with Gasteiger partial charge in [-0.1, -0.05) is 13.8 Å². The van der Waals surface area contributed by atoms with Crippen LogP contribution in [-0.4, -0.2) is 54.3 Å². The molecule has 2 N–H and O–H groups in total. The zero-order chi connectivity index (χ0) is 24.6. The summed E-state index contributed by atoms with van der Waals surface area (Å²) in [4.78, 5) is 24.9. The maximum Gasteiger partial charge on any atom is 0.324 e. The minimum Gasteiger partial charge on any atom is -0.497 e. The van der Waals surface area contributed by atoms with E-state index in [1.54, 1.807) is 32.0 Å². The van der Waals surface area contributed by atoms with Crippen LogP contribution in [0.2, 0.25) is 0 Å². The minimum atomic E-state index is -4.02. The Hall–Kier alpha value is -3.31. The fourth-order valence-corrected chi connectivity index (χ4v) is 4.10. The maximum atomic E-state index is 12.7. The summed E-state index contributed by atoms with van der Waals surface area (Å²) in [5.41, 5.74) is 0.332. The van der Waals surface area contributed by atoms with Crippen molar-refractivity contribution in [2.24, 2.45) is 5.92 Å². The first-order valence-electron chi connectivity index (χ1n) is 9.96. The molecule has 0 unspecified atom stereocenters. The van der Waals surface area contributed by atoms with Gasteiger partial charge in [-0.3, -0.25) is 9.59 Å². The summed E-state index contributed by atoms with van der Waals surface area (Å²) in [6.07, 6.45) is 0. The summed E-state index contributed by atoms with van der Waals surface area (Å²) in [6, 6.07) is 9.34. The Kier molecular flexibility index (Phi) is 9.06. The highest BCUT2D eigenvalue weighted by atomic mass is 32.2. The Balaban J connectivity index is 2.04. The molecule has 0 aliphatic rings. The number of amides is 1. The first-order chi connectivity index (χ1) is 15.6. The van der Waals surface area contributed by atoms with Crippen LogP contribution in [-0.2, 0) is 24.3 Å². The molecule has 0 fully saturated rings. The molecule has 0 saturated heterocycles. The number of carbonyl (C=O) groups excluding carboxylic acids is 2.